The van der Waals surface area contributed by atoms with Crippen molar-refractivity contribution in [3.05, 3.63) is 16.4 Å². The average molecular weight is 290 g/mol. The zero-order chi connectivity index (χ0) is 13.3. The van der Waals surface area contributed by atoms with Crippen molar-refractivity contribution in [1.29, 1.82) is 0 Å². The van der Waals surface area contributed by atoms with Crippen molar-refractivity contribution in [1.82, 2.24) is 14.7 Å². The molecule has 3 nitrogen and oxygen atoms in total. The Balaban J connectivity index is 1.95. The van der Waals surface area contributed by atoms with E-state index in [1.807, 2.05) is 11.6 Å². The SMILES string of the molecule is CCn1nc(C)c(Cl)c1CN(C)CC1CC(Cl)C1. The maximum Gasteiger partial charge on any atom is 0.0860 e. The summed E-state index contributed by atoms with van der Waals surface area (Å²) < 4.78 is 2.00. The second-order valence-corrected chi connectivity index (χ2v) is 6.29. The summed E-state index contributed by atoms with van der Waals surface area (Å²) in [4.78, 5) is 2.32. The zero-order valence-electron chi connectivity index (χ0n) is 11.3. The molecule has 0 N–H and O–H groups in total. The van der Waals surface area contributed by atoms with E-state index in [1.165, 1.54) is 0 Å². The fourth-order valence-corrected chi connectivity index (χ4v) is 3.28. The summed E-state index contributed by atoms with van der Waals surface area (Å²) >= 11 is 12.3. The molecule has 2 rings (SSSR count). The quantitative estimate of drug-likeness (QED) is 0.776. The molecule has 18 heavy (non-hydrogen) atoms. The molecule has 0 unspecified atom stereocenters. The number of aromatic nitrogens is 2. The van der Waals surface area contributed by atoms with Crippen LogP contribution >= 0.6 is 23.2 Å². The molecule has 1 aromatic heterocycles. The van der Waals surface area contributed by atoms with Crippen LogP contribution in [-0.4, -0.2) is 33.6 Å². The van der Waals surface area contributed by atoms with E-state index >= 15 is 0 Å². The molecular weight excluding hydrogens is 269 g/mol. The van der Waals surface area contributed by atoms with Gasteiger partial charge in [-0.2, -0.15) is 5.10 Å². The van der Waals surface area contributed by atoms with Gasteiger partial charge in [0.25, 0.3) is 0 Å². The van der Waals surface area contributed by atoms with Gasteiger partial charge in [0, 0.05) is 25.0 Å². The predicted molar refractivity (Wildman–Crippen MR) is 76.3 cm³/mol. The molecule has 0 amide bonds. The molecule has 0 aromatic carbocycles. The Labute approximate surface area is 119 Å². The second kappa shape index (κ2) is 5.81. The minimum atomic E-state index is 0.399. The lowest BCUT2D eigenvalue weighted by Crippen LogP contribution is -2.35. The van der Waals surface area contributed by atoms with E-state index in [2.05, 4.69) is 24.0 Å². The molecule has 5 heteroatoms. The highest BCUT2D eigenvalue weighted by Crippen LogP contribution is 2.32. The number of halogens is 2. The first-order chi connectivity index (χ1) is 8.51. The van der Waals surface area contributed by atoms with Crippen molar-refractivity contribution >= 4 is 23.2 Å². The van der Waals surface area contributed by atoms with E-state index in [1.54, 1.807) is 0 Å². The summed E-state index contributed by atoms with van der Waals surface area (Å²) in [5, 5.41) is 5.66. The average Bonchev–Trinajstić information content (AvgIpc) is 2.55. The van der Waals surface area contributed by atoms with Crippen LogP contribution < -0.4 is 0 Å². The van der Waals surface area contributed by atoms with Crippen molar-refractivity contribution in [3.63, 3.8) is 0 Å². The zero-order valence-corrected chi connectivity index (χ0v) is 12.8. The van der Waals surface area contributed by atoms with E-state index in [0.717, 1.165) is 54.8 Å². The van der Waals surface area contributed by atoms with Gasteiger partial charge >= 0.3 is 0 Å². The first kappa shape index (κ1) is 14.2. The molecule has 0 spiro atoms. The number of hydrogen-bond donors (Lipinski definition) is 0. The van der Waals surface area contributed by atoms with E-state index < -0.39 is 0 Å². The summed E-state index contributed by atoms with van der Waals surface area (Å²) in [6, 6.07) is 0. The van der Waals surface area contributed by atoms with Crippen LogP contribution in [0.1, 0.15) is 31.2 Å². The van der Waals surface area contributed by atoms with Crippen LogP contribution in [-0.2, 0) is 13.1 Å². The highest BCUT2D eigenvalue weighted by molar-refractivity contribution is 6.31. The maximum absolute atomic E-state index is 6.31. The van der Waals surface area contributed by atoms with Gasteiger partial charge in [-0.05, 0) is 39.7 Å². The lowest BCUT2D eigenvalue weighted by Gasteiger charge is -2.34. The van der Waals surface area contributed by atoms with Crippen LogP contribution in [0.2, 0.25) is 5.02 Å². The number of aryl methyl sites for hydroxylation is 2. The molecule has 102 valence electrons. The van der Waals surface area contributed by atoms with Gasteiger partial charge in [-0.25, -0.2) is 0 Å². The third-order valence-electron chi connectivity index (χ3n) is 3.62. The molecule has 1 aromatic rings. The van der Waals surface area contributed by atoms with Gasteiger partial charge < -0.3 is 4.90 Å². The highest BCUT2D eigenvalue weighted by Gasteiger charge is 2.28. The van der Waals surface area contributed by atoms with Crippen molar-refractivity contribution in [2.24, 2.45) is 5.92 Å². The van der Waals surface area contributed by atoms with Crippen LogP contribution in [0.15, 0.2) is 0 Å². The third-order valence-corrected chi connectivity index (χ3v) is 4.47. The smallest absolute Gasteiger partial charge is 0.0860 e. The minimum Gasteiger partial charge on any atom is -0.300 e. The monoisotopic (exact) mass is 289 g/mol. The Hall–Kier alpha value is -0.250. The van der Waals surface area contributed by atoms with Gasteiger partial charge in [-0.1, -0.05) is 11.6 Å². The van der Waals surface area contributed by atoms with Crippen LogP contribution in [0.5, 0.6) is 0 Å². The van der Waals surface area contributed by atoms with E-state index in [4.69, 9.17) is 23.2 Å². The Morgan fingerprint density at radius 3 is 2.67 bits per heavy atom. The molecule has 1 fully saturated rings. The second-order valence-electron chi connectivity index (χ2n) is 5.29. The largest absolute Gasteiger partial charge is 0.300 e. The summed E-state index contributed by atoms with van der Waals surface area (Å²) in [6.45, 7) is 6.87. The lowest BCUT2D eigenvalue weighted by molar-refractivity contribution is 0.200. The normalized spacial score (nSPS) is 23.4. The van der Waals surface area contributed by atoms with Crippen LogP contribution in [0.25, 0.3) is 0 Å². The highest BCUT2D eigenvalue weighted by atomic mass is 35.5. The molecule has 1 aliphatic rings. The van der Waals surface area contributed by atoms with Crippen molar-refractivity contribution in [2.45, 2.75) is 45.2 Å². The molecule has 0 atom stereocenters. The molecule has 0 saturated heterocycles. The Bertz CT molecular complexity index is 411. The van der Waals surface area contributed by atoms with Crippen molar-refractivity contribution < 1.29 is 0 Å². The first-order valence-corrected chi connectivity index (χ1v) is 7.37. The van der Waals surface area contributed by atoms with Gasteiger partial charge in [0.2, 0.25) is 0 Å². The van der Waals surface area contributed by atoms with Gasteiger partial charge in [-0.3, -0.25) is 4.68 Å². The van der Waals surface area contributed by atoms with Gasteiger partial charge in [0.15, 0.2) is 0 Å². The van der Waals surface area contributed by atoms with Crippen molar-refractivity contribution in [2.75, 3.05) is 13.6 Å². The summed E-state index contributed by atoms with van der Waals surface area (Å²) in [7, 11) is 2.14. The fourth-order valence-electron chi connectivity index (χ4n) is 2.58. The number of alkyl halides is 1. The third kappa shape index (κ3) is 3.01. The number of nitrogens with zero attached hydrogens (tertiary/aromatic N) is 3. The van der Waals surface area contributed by atoms with Gasteiger partial charge in [0.05, 0.1) is 16.4 Å². The molecule has 1 aliphatic carbocycles. The molecule has 0 aliphatic heterocycles. The first-order valence-electron chi connectivity index (χ1n) is 6.55. The Morgan fingerprint density at radius 1 is 1.44 bits per heavy atom. The summed E-state index contributed by atoms with van der Waals surface area (Å²) in [5.74, 6) is 0.746. The van der Waals surface area contributed by atoms with Gasteiger partial charge in [-0.15, -0.1) is 11.6 Å². The van der Waals surface area contributed by atoms with Crippen LogP contribution in [0.4, 0.5) is 0 Å². The summed E-state index contributed by atoms with van der Waals surface area (Å²) in [5.41, 5.74) is 2.05. The van der Waals surface area contributed by atoms with E-state index in [9.17, 15) is 0 Å². The number of hydrogen-bond acceptors (Lipinski definition) is 2. The van der Waals surface area contributed by atoms with E-state index in [-0.39, 0.29) is 0 Å². The fraction of sp³-hybridized carbons (Fsp3) is 0.769. The molecule has 0 radical (unpaired) electrons. The Morgan fingerprint density at radius 2 is 2.11 bits per heavy atom. The van der Waals surface area contributed by atoms with Gasteiger partial charge in [0.1, 0.15) is 0 Å². The summed E-state index contributed by atoms with van der Waals surface area (Å²) in [6.07, 6.45) is 2.29. The molecular formula is C13H21Cl2N3. The van der Waals surface area contributed by atoms with E-state index in [0.29, 0.717) is 5.38 Å². The topological polar surface area (TPSA) is 21.1 Å². The van der Waals surface area contributed by atoms with Crippen LogP contribution in [0.3, 0.4) is 0 Å². The standard InChI is InChI=1S/C13H21Cl2N3/c1-4-18-12(13(15)9(2)16-18)8-17(3)7-10-5-11(14)6-10/h10-11H,4-8H2,1-3H3. The molecule has 1 saturated carbocycles. The molecule has 1 heterocycles. The van der Waals surface area contributed by atoms with Crippen LogP contribution in [0, 0.1) is 12.8 Å². The maximum atomic E-state index is 6.31. The number of rotatable bonds is 5. The Kier molecular flexibility index (Phi) is 4.57. The minimum absolute atomic E-state index is 0.399. The molecule has 0 bridgehead atoms. The lowest BCUT2D eigenvalue weighted by atomic mass is 9.84. The predicted octanol–water partition coefficient (Wildman–Crippen LogP) is 3.31. The van der Waals surface area contributed by atoms with Crippen molar-refractivity contribution in [3.8, 4) is 0 Å².